The Morgan fingerprint density at radius 1 is 1.05 bits per heavy atom. The van der Waals surface area contributed by atoms with Gasteiger partial charge in [-0.2, -0.15) is 0 Å². The fourth-order valence-electron chi connectivity index (χ4n) is 2.49. The Bertz CT molecular complexity index is 556. The second-order valence-corrected chi connectivity index (χ2v) is 5.44. The van der Waals surface area contributed by atoms with Crippen LogP contribution in [0.5, 0.6) is 5.75 Å². The molecule has 20 heavy (non-hydrogen) atoms. The first kappa shape index (κ1) is 14.6. The molecule has 2 heteroatoms. The summed E-state index contributed by atoms with van der Waals surface area (Å²) in [6, 6.07) is 16.0. The molecule has 0 heterocycles. The van der Waals surface area contributed by atoms with Gasteiger partial charge in [0, 0.05) is 0 Å². The van der Waals surface area contributed by atoms with Crippen LogP contribution >= 0.6 is 0 Å². The number of rotatable bonds is 5. The van der Waals surface area contributed by atoms with Crippen LogP contribution in [0.3, 0.4) is 0 Å². The molecule has 0 fully saturated rings. The predicted molar refractivity (Wildman–Crippen MR) is 82.1 cm³/mol. The number of hydrogen-bond donors (Lipinski definition) is 1. The molecule has 0 aliphatic heterocycles. The van der Waals surface area contributed by atoms with Crippen LogP contribution in [0.4, 0.5) is 0 Å². The highest BCUT2D eigenvalue weighted by molar-refractivity contribution is 5.31. The third-order valence-corrected chi connectivity index (χ3v) is 3.78. The van der Waals surface area contributed by atoms with Crippen LogP contribution < -0.4 is 4.74 Å². The van der Waals surface area contributed by atoms with Gasteiger partial charge in [-0.3, -0.25) is 0 Å². The lowest BCUT2D eigenvalue weighted by Gasteiger charge is -2.25. The highest BCUT2D eigenvalue weighted by Gasteiger charge is 2.24. The first-order chi connectivity index (χ1) is 9.53. The lowest BCUT2D eigenvalue weighted by atomic mass is 9.87. The van der Waals surface area contributed by atoms with E-state index in [1.54, 1.807) is 7.11 Å². The molecule has 2 rings (SSSR count). The van der Waals surface area contributed by atoms with Crippen molar-refractivity contribution in [3.8, 4) is 5.75 Å². The minimum atomic E-state index is -0.800. The highest BCUT2D eigenvalue weighted by Crippen LogP contribution is 2.28. The molecule has 1 atom stereocenters. The second-order valence-electron chi connectivity index (χ2n) is 5.44. The summed E-state index contributed by atoms with van der Waals surface area (Å²) in [5.41, 5.74) is 2.55. The van der Waals surface area contributed by atoms with Gasteiger partial charge >= 0.3 is 0 Å². The van der Waals surface area contributed by atoms with Crippen molar-refractivity contribution in [1.82, 2.24) is 0 Å². The Labute approximate surface area is 121 Å². The van der Waals surface area contributed by atoms with E-state index in [0.717, 1.165) is 23.3 Å². The van der Waals surface area contributed by atoms with E-state index in [2.05, 4.69) is 0 Å². The lowest BCUT2D eigenvalue weighted by Crippen LogP contribution is -2.23. The van der Waals surface area contributed by atoms with Crippen LogP contribution in [-0.2, 0) is 12.0 Å². The standard InChI is InChI=1S/C18H22O2/c1-14-6-4-5-7-17(14)18(2,19)13-12-15-8-10-16(20-3)11-9-15/h4-11,19H,12-13H2,1-3H3. The Morgan fingerprint density at radius 3 is 2.30 bits per heavy atom. The zero-order valence-corrected chi connectivity index (χ0v) is 12.4. The summed E-state index contributed by atoms with van der Waals surface area (Å²) in [5, 5.41) is 10.7. The minimum absolute atomic E-state index is 0.699. The van der Waals surface area contributed by atoms with E-state index in [1.807, 2.05) is 62.4 Å². The summed E-state index contributed by atoms with van der Waals surface area (Å²) in [5.74, 6) is 0.861. The van der Waals surface area contributed by atoms with Crippen molar-refractivity contribution in [2.75, 3.05) is 7.11 Å². The molecule has 0 aliphatic carbocycles. The van der Waals surface area contributed by atoms with Crippen LogP contribution in [0.1, 0.15) is 30.0 Å². The van der Waals surface area contributed by atoms with Gasteiger partial charge in [0.15, 0.2) is 0 Å². The number of hydrogen-bond acceptors (Lipinski definition) is 2. The summed E-state index contributed by atoms with van der Waals surface area (Å²) in [4.78, 5) is 0. The van der Waals surface area contributed by atoms with Gasteiger partial charge in [0.1, 0.15) is 5.75 Å². The van der Waals surface area contributed by atoms with E-state index in [9.17, 15) is 5.11 Å². The summed E-state index contributed by atoms with van der Waals surface area (Å²) >= 11 is 0. The van der Waals surface area contributed by atoms with Crippen LogP contribution in [-0.4, -0.2) is 12.2 Å². The summed E-state index contributed by atoms with van der Waals surface area (Å²) in [6.45, 7) is 3.93. The van der Waals surface area contributed by atoms with E-state index in [1.165, 1.54) is 5.56 Å². The van der Waals surface area contributed by atoms with Crippen molar-refractivity contribution in [2.24, 2.45) is 0 Å². The fraction of sp³-hybridized carbons (Fsp3) is 0.333. The molecular formula is C18H22O2. The Hall–Kier alpha value is -1.80. The smallest absolute Gasteiger partial charge is 0.118 e. The molecule has 2 aromatic rings. The van der Waals surface area contributed by atoms with E-state index < -0.39 is 5.60 Å². The number of aryl methyl sites for hydroxylation is 2. The number of methoxy groups -OCH3 is 1. The van der Waals surface area contributed by atoms with Gasteiger partial charge in [0.2, 0.25) is 0 Å². The van der Waals surface area contributed by atoms with Crippen LogP contribution in [0.25, 0.3) is 0 Å². The first-order valence-electron chi connectivity index (χ1n) is 6.94. The second kappa shape index (κ2) is 6.10. The predicted octanol–water partition coefficient (Wildman–Crippen LogP) is 3.84. The SMILES string of the molecule is COc1ccc(CCC(C)(O)c2ccccc2C)cc1. The quantitative estimate of drug-likeness (QED) is 0.894. The molecule has 2 aromatic carbocycles. The third kappa shape index (κ3) is 3.40. The molecule has 0 bridgehead atoms. The van der Waals surface area contributed by atoms with Gasteiger partial charge < -0.3 is 9.84 Å². The van der Waals surface area contributed by atoms with E-state index in [0.29, 0.717) is 6.42 Å². The Balaban J connectivity index is 2.07. The monoisotopic (exact) mass is 270 g/mol. The van der Waals surface area contributed by atoms with Gasteiger partial charge in [-0.15, -0.1) is 0 Å². The molecule has 1 N–H and O–H groups in total. The van der Waals surface area contributed by atoms with Crippen LogP contribution in [0.2, 0.25) is 0 Å². The summed E-state index contributed by atoms with van der Waals surface area (Å²) in [6.07, 6.45) is 1.54. The Morgan fingerprint density at radius 2 is 1.70 bits per heavy atom. The van der Waals surface area contributed by atoms with Crippen molar-refractivity contribution in [1.29, 1.82) is 0 Å². The normalized spacial score (nSPS) is 13.8. The minimum Gasteiger partial charge on any atom is -0.497 e. The maximum atomic E-state index is 10.7. The molecular weight excluding hydrogens is 248 g/mol. The lowest BCUT2D eigenvalue weighted by molar-refractivity contribution is 0.0474. The highest BCUT2D eigenvalue weighted by atomic mass is 16.5. The number of aliphatic hydroxyl groups is 1. The molecule has 2 nitrogen and oxygen atoms in total. The van der Waals surface area contributed by atoms with Crippen molar-refractivity contribution in [2.45, 2.75) is 32.3 Å². The van der Waals surface area contributed by atoms with Crippen LogP contribution in [0.15, 0.2) is 48.5 Å². The number of ether oxygens (including phenoxy) is 1. The maximum absolute atomic E-state index is 10.7. The molecule has 0 amide bonds. The van der Waals surface area contributed by atoms with E-state index in [-0.39, 0.29) is 0 Å². The topological polar surface area (TPSA) is 29.5 Å². The van der Waals surface area contributed by atoms with Crippen LogP contribution in [0, 0.1) is 6.92 Å². The zero-order chi connectivity index (χ0) is 14.6. The molecule has 0 radical (unpaired) electrons. The molecule has 1 unspecified atom stereocenters. The van der Waals surface area contributed by atoms with E-state index in [4.69, 9.17) is 4.74 Å². The van der Waals surface area contributed by atoms with Crippen molar-refractivity contribution >= 4 is 0 Å². The average Bonchev–Trinajstić information content (AvgIpc) is 2.46. The third-order valence-electron chi connectivity index (χ3n) is 3.78. The van der Waals surface area contributed by atoms with Crippen molar-refractivity contribution in [3.63, 3.8) is 0 Å². The van der Waals surface area contributed by atoms with Gasteiger partial charge in [-0.1, -0.05) is 36.4 Å². The van der Waals surface area contributed by atoms with Crippen molar-refractivity contribution < 1.29 is 9.84 Å². The van der Waals surface area contributed by atoms with Crippen molar-refractivity contribution in [3.05, 3.63) is 65.2 Å². The summed E-state index contributed by atoms with van der Waals surface area (Å²) in [7, 11) is 1.66. The number of benzene rings is 2. The molecule has 0 aliphatic rings. The molecule has 106 valence electrons. The van der Waals surface area contributed by atoms with Gasteiger partial charge in [-0.05, 0) is 55.5 Å². The van der Waals surface area contributed by atoms with Gasteiger partial charge in [0.05, 0.1) is 12.7 Å². The van der Waals surface area contributed by atoms with E-state index >= 15 is 0 Å². The maximum Gasteiger partial charge on any atom is 0.118 e. The molecule has 0 saturated carbocycles. The summed E-state index contributed by atoms with van der Waals surface area (Å²) < 4.78 is 5.15. The Kier molecular flexibility index (Phi) is 4.46. The first-order valence-corrected chi connectivity index (χ1v) is 6.94. The fourth-order valence-corrected chi connectivity index (χ4v) is 2.49. The average molecular weight is 270 g/mol. The molecule has 0 spiro atoms. The van der Waals surface area contributed by atoms with Gasteiger partial charge in [-0.25, -0.2) is 0 Å². The molecule has 0 saturated heterocycles. The zero-order valence-electron chi connectivity index (χ0n) is 12.4. The largest absolute Gasteiger partial charge is 0.497 e. The molecule has 0 aromatic heterocycles. The van der Waals surface area contributed by atoms with Gasteiger partial charge in [0.25, 0.3) is 0 Å².